The second-order valence-electron chi connectivity index (χ2n) is 5.71. The standard InChI is InChI=1S/C20H23N3O4/c1-2-11-26-12-10-22-20(25)18-14-21-9-8-17(23-18)13-19(24)27-15-16-6-4-3-5-7-16/h3-8,14H,2,10-13,15H2,1H3,(H,22,25). The first-order valence-corrected chi connectivity index (χ1v) is 8.81. The van der Waals surface area contributed by atoms with Gasteiger partial charge in [0.1, 0.15) is 12.3 Å². The van der Waals surface area contributed by atoms with E-state index in [4.69, 9.17) is 9.47 Å². The molecule has 0 fully saturated rings. The van der Waals surface area contributed by atoms with E-state index < -0.39 is 5.97 Å². The Bertz CT molecular complexity index is 763. The lowest BCUT2D eigenvalue weighted by atomic mass is 10.2. The average Bonchev–Trinajstić information content (AvgIpc) is 2.92. The van der Waals surface area contributed by atoms with E-state index in [9.17, 15) is 9.59 Å². The molecule has 0 spiro atoms. The first-order valence-electron chi connectivity index (χ1n) is 8.81. The van der Waals surface area contributed by atoms with Crippen LogP contribution in [0.2, 0.25) is 0 Å². The van der Waals surface area contributed by atoms with Gasteiger partial charge in [0.25, 0.3) is 5.91 Å². The van der Waals surface area contributed by atoms with Crippen LogP contribution in [0.4, 0.5) is 0 Å². The molecule has 1 N–H and O–H groups in total. The molecule has 7 nitrogen and oxygen atoms in total. The number of nitrogens with one attached hydrogen (secondary N) is 1. The van der Waals surface area contributed by atoms with Crippen molar-refractivity contribution in [2.75, 3.05) is 19.8 Å². The summed E-state index contributed by atoms with van der Waals surface area (Å²) in [6, 6.07) is 9.39. The van der Waals surface area contributed by atoms with Crippen molar-refractivity contribution >= 4 is 23.5 Å². The second-order valence-corrected chi connectivity index (χ2v) is 5.71. The van der Waals surface area contributed by atoms with Crippen LogP contribution in [0, 0.1) is 0 Å². The number of allylic oxidation sites excluding steroid dienone is 1. The van der Waals surface area contributed by atoms with E-state index in [0.717, 1.165) is 12.0 Å². The molecule has 1 aromatic rings. The lowest BCUT2D eigenvalue weighted by Gasteiger charge is -2.07. The van der Waals surface area contributed by atoms with Gasteiger partial charge in [-0.05, 0) is 17.9 Å². The highest BCUT2D eigenvalue weighted by molar-refractivity contribution is 6.11. The third kappa shape index (κ3) is 7.81. The molecule has 0 unspecified atom stereocenters. The quantitative estimate of drug-likeness (QED) is 0.506. The minimum Gasteiger partial charge on any atom is -0.461 e. The highest BCUT2D eigenvalue weighted by atomic mass is 16.5. The van der Waals surface area contributed by atoms with E-state index in [1.807, 2.05) is 37.3 Å². The average molecular weight is 369 g/mol. The Labute approximate surface area is 158 Å². The molecule has 1 aliphatic heterocycles. The molecule has 1 heterocycles. The first kappa shape index (κ1) is 20.3. The van der Waals surface area contributed by atoms with Gasteiger partial charge in [0.05, 0.1) is 24.9 Å². The summed E-state index contributed by atoms with van der Waals surface area (Å²) < 4.78 is 10.5. The number of esters is 1. The molecule has 7 heteroatoms. The molecule has 1 aliphatic rings. The van der Waals surface area contributed by atoms with Gasteiger partial charge in [0.15, 0.2) is 0 Å². The van der Waals surface area contributed by atoms with Crippen molar-refractivity contribution in [2.24, 2.45) is 9.98 Å². The molecule has 142 valence electrons. The Morgan fingerprint density at radius 1 is 1.19 bits per heavy atom. The smallest absolute Gasteiger partial charge is 0.312 e. The van der Waals surface area contributed by atoms with Crippen LogP contribution in [0.3, 0.4) is 0 Å². The van der Waals surface area contributed by atoms with Crippen molar-refractivity contribution in [1.82, 2.24) is 5.32 Å². The fourth-order valence-corrected chi connectivity index (χ4v) is 2.14. The molecule has 0 saturated heterocycles. The molecule has 0 atom stereocenters. The van der Waals surface area contributed by atoms with Gasteiger partial charge in [-0.1, -0.05) is 37.3 Å². The van der Waals surface area contributed by atoms with E-state index in [1.165, 1.54) is 12.3 Å². The minimum absolute atomic E-state index is 0.0699. The van der Waals surface area contributed by atoms with Crippen molar-refractivity contribution in [3.63, 3.8) is 0 Å². The number of aliphatic imine (C=N–C) groups is 2. The molecule has 27 heavy (non-hydrogen) atoms. The van der Waals surface area contributed by atoms with E-state index in [1.54, 1.807) is 0 Å². The third-order valence-electron chi connectivity index (χ3n) is 3.44. The van der Waals surface area contributed by atoms with Gasteiger partial charge in [-0.3, -0.25) is 9.59 Å². The maximum absolute atomic E-state index is 12.2. The summed E-state index contributed by atoms with van der Waals surface area (Å²) in [5.41, 5.74) is 1.37. The maximum Gasteiger partial charge on any atom is 0.312 e. The van der Waals surface area contributed by atoms with Gasteiger partial charge in [-0.25, -0.2) is 9.98 Å². The van der Waals surface area contributed by atoms with E-state index >= 15 is 0 Å². The van der Waals surface area contributed by atoms with Crippen LogP contribution in [0.5, 0.6) is 0 Å². The van der Waals surface area contributed by atoms with Crippen molar-refractivity contribution < 1.29 is 19.1 Å². The normalized spacial score (nSPS) is 12.8. The first-order chi connectivity index (χ1) is 13.2. The summed E-state index contributed by atoms with van der Waals surface area (Å²) in [7, 11) is 0. The summed E-state index contributed by atoms with van der Waals surface area (Å²) in [5.74, 6) is 1.80. The Morgan fingerprint density at radius 2 is 2.00 bits per heavy atom. The molecule has 0 aromatic heterocycles. The molecule has 1 aromatic carbocycles. The lowest BCUT2D eigenvalue weighted by Crippen LogP contribution is -2.28. The SMILES string of the molecule is CCCOCCNC(=O)C1=CN=C=CC(CC(=O)OCc2ccccc2)=N1. The fraction of sp³-hybridized carbons (Fsp3) is 0.350. The monoisotopic (exact) mass is 369 g/mol. The predicted molar refractivity (Wildman–Crippen MR) is 102 cm³/mol. The molecule has 0 bridgehead atoms. The van der Waals surface area contributed by atoms with Crippen molar-refractivity contribution in [2.45, 2.75) is 26.4 Å². The molecule has 2 rings (SSSR count). The molecule has 0 saturated carbocycles. The lowest BCUT2D eigenvalue weighted by molar-refractivity contribution is -0.143. The van der Waals surface area contributed by atoms with Crippen molar-refractivity contribution in [3.8, 4) is 0 Å². The Hall–Kier alpha value is -3.02. The van der Waals surface area contributed by atoms with E-state index in [2.05, 4.69) is 21.2 Å². The van der Waals surface area contributed by atoms with E-state index in [0.29, 0.717) is 25.5 Å². The summed E-state index contributed by atoms with van der Waals surface area (Å²) >= 11 is 0. The molecular weight excluding hydrogens is 346 g/mol. The predicted octanol–water partition coefficient (Wildman–Crippen LogP) is 2.18. The summed E-state index contributed by atoms with van der Waals surface area (Å²) in [6.45, 7) is 3.65. The van der Waals surface area contributed by atoms with Crippen LogP contribution in [0.15, 0.2) is 58.3 Å². The van der Waals surface area contributed by atoms with Crippen LogP contribution < -0.4 is 5.32 Å². The van der Waals surface area contributed by atoms with Crippen molar-refractivity contribution in [1.29, 1.82) is 0 Å². The maximum atomic E-state index is 12.2. The molecular formula is C20H23N3O4. The highest BCUT2D eigenvalue weighted by Gasteiger charge is 2.13. The number of hydrogen-bond acceptors (Lipinski definition) is 6. The second kappa shape index (κ2) is 11.6. The summed E-state index contributed by atoms with van der Waals surface area (Å²) in [4.78, 5) is 32.2. The van der Waals surface area contributed by atoms with Crippen LogP contribution in [0.25, 0.3) is 0 Å². The zero-order chi connectivity index (χ0) is 19.3. The molecule has 1 amide bonds. The topological polar surface area (TPSA) is 89.3 Å². The van der Waals surface area contributed by atoms with Crippen molar-refractivity contribution in [3.05, 3.63) is 53.9 Å². The Kier molecular flexibility index (Phi) is 8.69. The third-order valence-corrected chi connectivity index (χ3v) is 3.44. The highest BCUT2D eigenvalue weighted by Crippen LogP contribution is 2.06. The zero-order valence-corrected chi connectivity index (χ0v) is 15.3. The fourth-order valence-electron chi connectivity index (χ4n) is 2.14. The van der Waals surface area contributed by atoms with Crippen LogP contribution in [-0.4, -0.2) is 43.2 Å². The van der Waals surface area contributed by atoms with Crippen LogP contribution in [-0.2, 0) is 25.7 Å². The molecule has 0 aliphatic carbocycles. The zero-order valence-electron chi connectivity index (χ0n) is 15.3. The van der Waals surface area contributed by atoms with Crippen LogP contribution >= 0.6 is 0 Å². The number of carbonyl (C=O) groups excluding carboxylic acids is 2. The number of rotatable bonds is 10. The largest absolute Gasteiger partial charge is 0.461 e. The summed E-state index contributed by atoms with van der Waals surface area (Å²) in [6.07, 6.45) is 3.62. The van der Waals surface area contributed by atoms with Gasteiger partial charge in [0.2, 0.25) is 0 Å². The number of benzene rings is 1. The van der Waals surface area contributed by atoms with Crippen LogP contribution in [0.1, 0.15) is 25.3 Å². The number of hydrogen-bond donors (Lipinski definition) is 1. The number of ether oxygens (including phenoxy) is 2. The van der Waals surface area contributed by atoms with Gasteiger partial charge in [-0.2, -0.15) is 0 Å². The van der Waals surface area contributed by atoms with Gasteiger partial charge in [-0.15, -0.1) is 0 Å². The van der Waals surface area contributed by atoms with E-state index in [-0.39, 0.29) is 24.6 Å². The number of nitrogens with zero attached hydrogens (tertiary/aromatic N) is 2. The number of amides is 1. The Balaban J connectivity index is 1.84. The van der Waals surface area contributed by atoms with Gasteiger partial charge >= 0.3 is 5.97 Å². The molecule has 0 radical (unpaired) electrons. The van der Waals surface area contributed by atoms with Gasteiger partial charge in [0, 0.05) is 19.2 Å². The number of carbonyl (C=O) groups is 2. The minimum atomic E-state index is -0.440. The summed E-state index contributed by atoms with van der Waals surface area (Å²) in [5, 5.41) is 2.70. The Morgan fingerprint density at radius 3 is 2.78 bits per heavy atom. The van der Waals surface area contributed by atoms with Gasteiger partial charge < -0.3 is 14.8 Å².